The van der Waals surface area contributed by atoms with Crippen LogP contribution in [-0.4, -0.2) is 54.7 Å². The van der Waals surface area contributed by atoms with Gasteiger partial charge >= 0.3 is 0 Å². The molecule has 0 bridgehead atoms. The van der Waals surface area contributed by atoms with Crippen LogP contribution in [0.2, 0.25) is 0 Å². The first kappa shape index (κ1) is 12.8. The highest BCUT2D eigenvalue weighted by Crippen LogP contribution is 2.32. The molecule has 3 heteroatoms. The number of nitrogens with zero attached hydrogens (tertiary/aromatic N) is 2. The highest BCUT2D eigenvalue weighted by atomic mass is 16.5. The van der Waals surface area contributed by atoms with Crippen LogP contribution in [-0.2, 0) is 11.3 Å². The van der Waals surface area contributed by atoms with Crippen LogP contribution < -0.4 is 0 Å². The zero-order valence-electron chi connectivity index (χ0n) is 12.1. The number of likely N-dealkylation sites (tertiary alicyclic amines) is 1. The first-order valence-corrected chi connectivity index (χ1v) is 8.00. The molecule has 3 nitrogen and oxygen atoms in total. The van der Waals surface area contributed by atoms with E-state index in [0.29, 0.717) is 12.1 Å². The van der Waals surface area contributed by atoms with E-state index in [1.807, 2.05) is 0 Å². The molecule has 20 heavy (non-hydrogen) atoms. The molecule has 2 aliphatic heterocycles. The van der Waals surface area contributed by atoms with Gasteiger partial charge in [-0.05, 0) is 24.3 Å². The molecule has 0 amide bonds. The van der Waals surface area contributed by atoms with Crippen molar-refractivity contribution in [3.8, 4) is 0 Å². The van der Waals surface area contributed by atoms with Gasteiger partial charge in [-0.2, -0.15) is 0 Å². The Morgan fingerprint density at radius 2 is 1.95 bits per heavy atom. The number of ether oxygens (including phenoxy) is 1. The molecule has 108 valence electrons. The van der Waals surface area contributed by atoms with Crippen molar-refractivity contribution >= 4 is 0 Å². The van der Waals surface area contributed by atoms with Crippen LogP contribution >= 0.6 is 0 Å². The molecule has 2 saturated heterocycles. The summed E-state index contributed by atoms with van der Waals surface area (Å²) in [6, 6.07) is 11.5. The maximum absolute atomic E-state index is 6.02. The SMILES string of the molecule is c1ccc(CN2CCO[C@@H]3CN(CC4CC4)C[C@@H]32)cc1. The van der Waals surface area contributed by atoms with Gasteiger partial charge in [0.2, 0.25) is 0 Å². The maximum atomic E-state index is 6.02. The van der Waals surface area contributed by atoms with Gasteiger partial charge in [-0.15, -0.1) is 0 Å². The van der Waals surface area contributed by atoms with E-state index in [0.717, 1.165) is 32.2 Å². The minimum atomic E-state index is 0.436. The summed E-state index contributed by atoms with van der Waals surface area (Å²) in [5.74, 6) is 0.984. The Bertz CT molecular complexity index is 446. The molecule has 1 aromatic rings. The highest BCUT2D eigenvalue weighted by molar-refractivity contribution is 5.15. The summed E-state index contributed by atoms with van der Waals surface area (Å²) in [4.78, 5) is 5.27. The number of benzene rings is 1. The standard InChI is InChI=1S/C17H24N2O/c1-2-4-14(5-3-1)11-19-8-9-20-17-13-18(12-16(17)19)10-15-6-7-15/h1-5,15-17H,6-13H2/t16-,17+/m0/s1. The lowest BCUT2D eigenvalue weighted by Gasteiger charge is -2.37. The van der Waals surface area contributed by atoms with Crippen molar-refractivity contribution < 1.29 is 4.74 Å². The lowest BCUT2D eigenvalue weighted by Crippen LogP contribution is -2.50. The number of hydrogen-bond acceptors (Lipinski definition) is 3. The van der Waals surface area contributed by atoms with Gasteiger partial charge in [-0.1, -0.05) is 30.3 Å². The third-order valence-corrected chi connectivity index (χ3v) is 4.93. The molecule has 1 aromatic carbocycles. The van der Waals surface area contributed by atoms with E-state index in [9.17, 15) is 0 Å². The fourth-order valence-corrected chi connectivity index (χ4v) is 3.66. The van der Waals surface area contributed by atoms with Crippen molar-refractivity contribution in [1.29, 1.82) is 0 Å². The van der Waals surface area contributed by atoms with E-state index in [1.54, 1.807) is 0 Å². The number of fused-ring (bicyclic) bond motifs is 1. The average molecular weight is 272 g/mol. The first-order chi connectivity index (χ1) is 9.88. The van der Waals surface area contributed by atoms with Crippen LogP contribution in [0.4, 0.5) is 0 Å². The van der Waals surface area contributed by atoms with Gasteiger partial charge in [0.1, 0.15) is 0 Å². The normalized spacial score (nSPS) is 31.4. The zero-order chi connectivity index (χ0) is 13.4. The molecule has 0 spiro atoms. The second-order valence-electron chi connectivity index (χ2n) is 6.59. The minimum Gasteiger partial charge on any atom is -0.374 e. The third kappa shape index (κ3) is 2.76. The van der Waals surface area contributed by atoms with Crippen LogP contribution in [0.3, 0.4) is 0 Å². The summed E-state index contributed by atoms with van der Waals surface area (Å²) in [7, 11) is 0. The van der Waals surface area contributed by atoms with Crippen molar-refractivity contribution in [2.24, 2.45) is 5.92 Å². The quantitative estimate of drug-likeness (QED) is 0.833. The molecule has 4 rings (SSSR count). The van der Waals surface area contributed by atoms with Crippen LogP contribution in [0.1, 0.15) is 18.4 Å². The molecular formula is C17H24N2O. The summed E-state index contributed by atoms with van der Waals surface area (Å²) >= 11 is 0. The van der Waals surface area contributed by atoms with Crippen molar-refractivity contribution in [1.82, 2.24) is 9.80 Å². The number of rotatable bonds is 4. The van der Waals surface area contributed by atoms with Crippen molar-refractivity contribution in [2.45, 2.75) is 31.5 Å². The first-order valence-electron chi connectivity index (χ1n) is 8.00. The van der Waals surface area contributed by atoms with Crippen molar-refractivity contribution in [2.75, 3.05) is 32.8 Å². The topological polar surface area (TPSA) is 15.7 Å². The Morgan fingerprint density at radius 3 is 2.75 bits per heavy atom. The Kier molecular flexibility index (Phi) is 3.51. The maximum Gasteiger partial charge on any atom is 0.0870 e. The van der Waals surface area contributed by atoms with Crippen molar-refractivity contribution in [3.63, 3.8) is 0 Å². The number of morpholine rings is 1. The van der Waals surface area contributed by atoms with E-state index >= 15 is 0 Å². The average Bonchev–Trinajstić information content (AvgIpc) is 3.17. The number of hydrogen-bond donors (Lipinski definition) is 0. The van der Waals surface area contributed by atoms with Gasteiger partial charge in [-0.25, -0.2) is 0 Å². The van der Waals surface area contributed by atoms with E-state index in [4.69, 9.17) is 4.74 Å². The molecule has 0 aromatic heterocycles. The summed E-state index contributed by atoms with van der Waals surface area (Å²) in [6.07, 6.45) is 3.33. The van der Waals surface area contributed by atoms with Gasteiger partial charge < -0.3 is 4.74 Å². The second kappa shape index (κ2) is 5.47. The predicted octanol–water partition coefficient (Wildman–Crippen LogP) is 1.98. The van der Waals surface area contributed by atoms with Crippen LogP contribution in [0.15, 0.2) is 30.3 Å². The van der Waals surface area contributed by atoms with Gasteiger partial charge in [0.05, 0.1) is 18.8 Å². The monoisotopic (exact) mass is 272 g/mol. The molecule has 0 N–H and O–H groups in total. The van der Waals surface area contributed by atoms with E-state index < -0.39 is 0 Å². The third-order valence-electron chi connectivity index (χ3n) is 4.93. The summed E-state index contributed by atoms with van der Waals surface area (Å²) in [5.41, 5.74) is 1.42. The van der Waals surface area contributed by atoms with E-state index in [1.165, 1.54) is 31.5 Å². The van der Waals surface area contributed by atoms with E-state index in [2.05, 4.69) is 40.1 Å². The van der Waals surface area contributed by atoms with Crippen LogP contribution in [0, 0.1) is 5.92 Å². The second-order valence-corrected chi connectivity index (χ2v) is 6.59. The molecule has 2 heterocycles. The van der Waals surface area contributed by atoms with Crippen LogP contribution in [0.25, 0.3) is 0 Å². The van der Waals surface area contributed by atoms with Crippen molar-refractivity contribution in [3.05, 3.63) is 35.9 Å². The lowest BCUT2D eigenvalue weighted by molar-refractivity contribution is -0.0504. The molecule has 1 aliphatic carbocycles. The Morgan fingerprint density at radius 1 is 1.10 bits per heavy atom. The lowest BCUT2D eigenvalue weighted by atomic mass is 10.1. The molecule has 0 radical (unpaired) electrons. The Labute approximate surface area is 121 Å². The summed E-state index contributed by atoms with van der Waals surface area (Å²) in [5, 5.41) is 0. The van der Waals surface area contributed by atoms with Gasteiger partial charge in [0.15, 0.2) is 0 Å². The van der Waals surface area contributed by atoms with Gasteiger partial charge in [0, 0.05) is 32.7 Å². The molecule has 3 fully saturated rings. The zero-order valence-corrected chi connectivity index (χ0v) is 12.1. The predicted molar refractivity (Wildman–Crippen MR) is 79.5 cm³/mol. The molecule has 1 saturated carbocycles. The Hall–Kier alpha value is -0.900. The van der Waals surface area contributed by atoms with Gasteiger partial charge in [0.25, 0.3) is 0 Å². The fourth-order valence-electron chi connectivity index (χ4n) is 3.66. The van der Waals surface area contributed by atoms with Gasteiger partial charge in [-0.3, -0.25) is 9.80 Å². The minimum absolute atomic E-state index is 0.436. The molecule has 0 unspecified atom stereocenters. The largest absolute Gasteiger partial charge is 0.374 e. The Balaban J connectivity index is 1.41. The molecular weight excluding hydrogens is 248 g/mol. The summed E-state index contributed by atoms with van der Waals surface area (Å²) < 4.78 is 6.02. The highest BCUT2D eigenvalue weighted by Gasteiger charge is 2.41. The summed E-state index contributed by atoms with van der Waals surface area (Å²) in [6.45, 7) is 6.69. The molecule has 3 aliphatic rings. The fraction of sp³-hybridized carbons (Fsp3) is 0.647. The van der Waals surface area contributed by atoms with E-state index in [-0.39, 0.29) is 0 Å². The van der Waals surface area contributed by atoms with Crippen LogP contribution in [0.5, 0.6) is 0 Å². The molecule has 2 atom stereocenters. The smallest absolute Gasteiger partial charge is 0.0870 e.